The lowest BCUT2D eigenvalue weighted by atomic mass is 10.1. The van der Waals surface area contributed by atoms with Gasteiger partial charge < -0.3 is 10.1 Å². The van der Waals surface area contributed by atoms with Crippen LogP contribution >= 0.6 is 12.2 Å². The number of morpholine rings is 1. The maximum atomic E-state index is 12.8. The molecule has 10 heteroatoms. The van der Waals surface area contributed by atoms with E-state index in [4.69, 9.17) is 17.0 Å². The van der Waals surface area contributed by atoms with E-state index in [1.165, 1.54) is 22.5 Å². The predicted octanol–water partition coefficient (Wildman–Crippen LogP) is 1.58. The molecule has 0 saturated carbocycles. The van der Waals surface area contributed by atoms with Crippen LogP contribution in [0.2, 0.25) is 0 Å². The van der Waals surface area contributed by atoms with E-state index in [0.717, 1.165) is 5.56 Å². The van der Waals surface area contributed by atoms with Crippen LogP contribution in [0.15, 0.2) is 59.5 Å². The number of nitrogens with one attached hydrogen (secondary N) is 3. The Morgan fingerprint density at radius 1 is 1.07 bits per heavy atom. The number of hydrogen-bond donors (Lipinski definition) is 3. The topological polar surface area (TPSA) is 99.8 Å². The zero-order valence-electron chi connectivity index (χ0n) is 16.5. The van der Waals surface area contributed by atoms with Crippen LogP contribution in [0.25, 0.3) is 0 Å². The predicted molar refractivity (Wildman–Crippen MR) is 117 cm³/mol. The van der Waals surface area contributed by atoms with Crippen molar-refractivity contribution in [3.63, 3.8) is 0 Å². The summed E-state index contributed by atoms with van der Waals surface area (Å²) in [5, 5.41) is 3.32. The summed E-state index contributed by atoms with van der Waals surface area (Å²) in [5.74, 6) is -0.495. The lowest BCUT2D eigenvalue weighted by Crippen LogP contribution is -2.47. The van der Waals surface area contributed by atoms with E-state index in [0.29, 0.717) is 26.3 Å². The zero-order chi connectivity index (χ0) is 21.6. The van der Waals surface area contributed by atoms with Gasteiger partial charge in [-0.25, -0.2) is 8.42 Å². The Hall–Kier alpha value is -2.53. The Morgan fingerprint density at radius 2 is 1.77 bits per heavy atom. The summed E-state index contributed by atoms with van der Waals surface area (Å²) in [7, 11) is -3.68. The summed E-state index contributed by atoms with van der Waals surface area (Å²) in [6.45, 7) is 3.25. The fraction of sp³-hybridized carbons (Fsp3) is 0.300. The molecule has 0 aromatic heterocycles. The molecule has 3 N–H and O–H groups in total. The number of benzene rings is 2. The average molecular weight is 449 g/mol. The van der Waals surface area contributed by atoms with Gasteiger partial charge in [0, 0.05) is 18.7 Å². The number of hydrogen-bond acceptors (Lipinski definition) is 5. The number of sulfonamides is 1. The standard InChI is InChI=1S/C20H24N4O4S2/c1-15(16-6-3-2-4-7-16)21-20(29)23-22-19(25)17-8-5-9-18(14-17)30(26,27)24-10-12-28-13-11-24/h2-9,14-15H,10-13H2,1H3,(H,22,25)(H2,21,23,29)/t15-/m1/s1. The van der Waals surface area contributed by atoms with Crippen molar-refractivity contribution < 1.29 is 17.9 Å². The molecule has 2 aromatic rings. The van der Waals surface area contributed by atoms with Crippen LogP contribution in [0.4, 0.5) is 0 Å². The second-order valence-corrected chi connectivity index (χ2v) is 9.08. The minimum Gasteiger partial charge on any atom is -0.379 e. The summed E-state index contributed by atoms with van der Waals surface area (Å²) < 4.78 is 32.1. The molecule has 0 aliphatic carbocycles. The molecule has 1 amide bonds. The highest BCUT2D eigenvalue weighted by molar-refractivity contribution is 7.89. The molecule has 30 heavy (non-hydrogen) atoms. The molecular formula is C20H24N4O4S2. The Balaban J connectivity index is 1.59. The van der Waals surface area contributed by atoms with Crippen LogP contribution in [0, 0.1) is 0 Å². The van der Waals surface area contributed by atoms with Crippen molar-refractivity contribution in [2.24, 2.45) is 0 Å². The first-order valence-corrected chi connectivity index (χ1v) is 11.3. The van der Waals surface area contributed by atoms with E-state index in [9.17, 15) is 13.2 Å². The van der Waals surface area contributed by atoms with Gasteiger partial charge in [0.05, 0.1) is 24.2 Å². The third kappa shape index (κ3) is 5.54. The van der Waals surface area contributed by atoms with Crippen molar-refractivity contribution >= 4 is 33.3 Å². The summed E-state index contributed by atoms with van der Waals surface area (Å²) in [5.41, 5.74) is 6.39. The van der Waals surface area contributed by atoms with Gasteiger partial charge in [-0.3, -0.25) is 15.6 Å². The lowest BCUT2D eigenvalue weighted by molar-refractivity contribution is 0.0730. The average Bonchev–Trinajstić information content (AvgIpc) is 2.78. The second kappa shape index (κ2) is 9.98. The Kier molecular flexibility index (Phi) is 7.38. The number of ether oxygens (including phenoxy) is 1. The molecule has 0 bridgehead atoms. The number of carbonyl (C=O) groups is 1. The van der Waals surface area contributed by atoms with E-state index in [-0.39, 0.29) is 21.6 Å². The van der Waals surface area contributed by atoms with Crippen molar-refractivity contribution in [2.45, 2.75) is 17.9 Å². The first-order valence-electron chi connectivity index (χ1n) is 9.47. The highest BCUT2D eigenvalue weighted by Crippen LogP contribution is 2.18. The third-order valence-electron chi connectivity index (χ3n) is 4.64. The minimum absolute atomic E-state index is 0.0508. The highest BCUT2D eigenvalue weighted by atomic mass is 32.2. The normalized spacial score (nSPS) is 15.8. The molecule has 1 heterocycles. The highest BCUT2D eigenvalue weighted by Gasteiger charge is 2.26. The molecule has 1 atom stereocenters. The van der Waals surface area contributed by atoms with Gasteiger partial charge in [0.25, 0.3) is 5.91 Å². The molecule has 0 radical (unpaired) electrons. The van der Waals surface area contributed by atoms with Crippen molar-refractivity contribution in [1.82, 2.24) is 20.5 Å². The molecule has 0 spiro atoms. The van der Waals surface area contributed by atoms with E-state index < -0.39 is 15.9 Å². The maximum Gasteiger partial charge on any atom is 0.269 e. The first kappa shape index (κ1) is 22.2. The Bertz CT molecular complexity index is 993. The van der Waals surface area contributed by atoms with Crippen molar-refractivity contribution in [1.29, 1.82) is 0 Å². The zero-order valence-corrected chi connectivity index (χ0v) is 18.1. The minimum atomic E-state index is -3.68. The summed E-state index contributed by atoms with van der Waals surface area (Å²) in [4.78, 5) is 12.5. The van der Waals surface area contributed by atoms with Crippen LogP contribution in [-0.4, -0.2) is 50.0 Å². The van der Waals surface area contributed by atoms with Crippen molar-refractivity contribution in [3.8, 4) is 0 Å². The van der Waals surface area contributed by atoms with Crippen molar-refractivity contribution in [2.75, 3.05) is 26.3 Å². The van der Waals surface area contributed by atoms with Crippen LogP contribution in [0.1, 0.15) is 28.9 Å². The largest absolute Gasteiger partial charge is 0.379 e. The van der Waals surface area contributed by atoms with Gasteiger partial charge in [0.1, 0.15) is 0 Å². The number of rotatable bonds is 5. The molecule has 0 unspecified atom stereocenters. The molecule has 3 rings (SSSR count). The third-order valence-corrected chi connectivity index (χ3v) is 6.76. The van der Waals surface area contributed by atoms with Crippen LogP contribution in [-0.2, 0) is 14.8 Å². The Labute approximate surface area is 181 Å². The maximum absolute atomic E-state index is 12.8. The molecule has 160 valence electrons. The van der Waals surface area contributed by atoms with Crippen LogP contribution < -0.4 is 16.2 Å². The van der Waals surface area contributed by atoms with Gasteiger partial charge in [0.2, 0.25) is 10.0 Å². The van der Waals surface area contributed by atoms with Gasteiger partial charge in [-0.1, -0.05) is 36.4 Å². The van der Waals surface area contributed by atoms with E-state index in [2.05, 4.69) is 16.2 Å². The summed E-state index contributed by atoms with van der Waals surface area (Å²) in [6.07, 6.45) is 0. The van der Waals surface area contributed by atoms with Gasteiger partial charge in [-0.15, -0.1) is 0 Å². The number of carbonyl (C=O) groups excluding carboxylic acids is 1. The van der Waals surface area contributed by atoms with Crippen molar-refractivity contribution in [3.05, 3.63) is 65.7 Å². The molecule has 2 aromatic carbocycles. The van der Waals surface area contributed by atoms with Gasteiger partial charge in [0.15, 0.2) is 5.11 Å². The smallest absolute Gasteiger partial charge is 0.269 e. The monoisotopic (exact) mass is 448 g/mol. The van der Waals surface area contributed by atoms with Crippen LogP contribution in [0.5, 0.6) is 0 Å². The second-order valence-electron chi connectivity index (χ2n) is 6.73. The van der Waals surface area contributed by atoms with E-state index in [1.54, 1.807) is 6.07 Å². The molecule has 1 saturated heterocycles. The molecule has 1 aliphatic rings. The Morgan fingerprint density at radius 3 is 2.47 bits per heavy atom. The molecule has 1 aliphatic heterocycles. The number of hydrazine groups is 1. The fourth-order valence-corrected chi connectivity index (χ4v) is 4.66. The van der Waals surface area contributed by atoms with Gasteiger partial charge in [-0.2, -0.15) is 4.31 Å². The molecular weight excluding hydrogens is 424 g/mol. The first-order chi connectivity index (χ1) is 14.4. The summed E-state index contributed by atoms with van der Waals surface area (Å²) in [6, 6.07) is 15.6. The quantitative estimate of drug-likeness (QED) is 0.472. The van der Waals surface area contributed by atoms with E-state index >= 15 is 0 Å². The lowest BCUT2D eigenvalue weighted by Gasteiger charge is -2.26. The molecule has 1 fully saturated rings. The summed E-state index contributed by atoms with van der Waals surface area (Å²) >= 11 is 5.22. The number of amides is 1. The SMILES string of the molecule is C[C@@H](NC(=S)NNC(=O)c1cccc(S(=O)(=O)N2CCOCC2)c1)c1ccccc1. The van der Waals surface area contributed by atoms with Gasteiger partial charge in [-0.05, 0) is 42.9 Å². The number of nitrogens with zero attached hydrogens (tertiary/aromatic N) is 1. The molecule has 8 nitrogen and oxygen atoms in total. The van der Waals surface area contributed by atoms with Gasteiger partial charge >= 0.3 is 0 Å². The number of thiocarbonyl (C=S) groups is 1. The van der Waals surface area contributed by atoms with E-state index in [1.807, 2.05) is 37.3 Å². The fourth-order valence-electron chi connectivity index (χ4n) is 2.98. The van der Waals surface area contributed by atoms with Crippen LogP contribution in [0.3, 0.4) is 0 Å².